The zero-order chi connectivity index (χ0) is 17.5. The van der Waals surface area contributed by atoms with Crippen LogP contribution >= 0.6 is 12.2 Å². The van der Waals surface area contributed by atoms with E-state index in [0.29, 0.717) is 11.7 Å². The van der Waals surface area contributed by atoms with Gasteiger partial charge in [-0.1, -0.05) is 12.1 Å². The zero-order valence-corrected chi connectivity index (χ0v) is 15.4. The molecule has 0 aromatic heterocycles. The van der Waals surface area contributed by atoms with E-state index in [-0.39, 0.29) is 0 Å². The highest BCUT2D eigenvalue weighted by Crippen LogP contribution is 2.20. The second kappa shape index (κ2) is 8.72. The molecule has 5 heteroatoms. The lowest BCUT2D eigenvalue weighted by Crippen LogP contribution is -2.29. The molecule has 0 radical (unpaired) electrons. The van der Waals surface area contributed by atoms with Crippen LogP contribution in [0.25, 0.3) is 0 Å². The number of nitrogens with one attached hydrogen (secondary N) is 2. The number of hydrogen-bond acceptors (Lipinski definition) is 3. The van der Waals surface area contributed by atoms with E-state index in [1.807, 2.05) is 24.3 Å². The molecule has 0 bridgehead atoms. The Morgan fingerprint density at radius 3 is 2.32 bits per heavy atom. The van der Waals surface area contributed by atoms with Crippen LogP contribution in [0.15, 0.2) is 48.5 Å². The Bertz CT molecular complexity index is 679. The first kappa shape index (κ1) is 17.5. The number of thiocarbonyl (C=S) groups is 1. The van der Waals surface area contributed by atoms with Gasteiger partial charge in [0, 0.05) is 31.0 Å². The molecule has 2 aromatic rings. The molecule has 0 aliphatic carbocycles. The SMILES string of the molecule is COc1ccc(NC(=S)NCc2ccc(N3CCCCC3)cc2)cc1. The minimum absolute atomic E-state index is 0.616. The number of nitrogens with zero attached hydrogens (tertiary/aromatic N) is 1. The molecule has 2 aromatic carbocycles. The molecule has 1 aliphatic rings. The van der Waals surface area contributed by atoms with E-state index in [0.717, 1.165) is 11.4 Å². The van der Waals surface area contributed by atoms with Crippen molar-refractivity contribution in [1.29, 1.82) is 0 Å². The van der Waals surface area contributed by atoms with Crippen LogP contribution in [0, 0.1) is 0 Å². The third kappa shape index (κ3) is 5.10. The molecule has 1 heterocycles. The number of rotatable bonds is 5. The van der Waals surface area contributed by atoms with Gasteiger partial charge in [0.25, 0.3) is 0 Å². The van der Waals surface area contributed by atoms with Crippen molar-refractivity contribution in [3.63, 3.8) is 0 Å². The molecule has 0 saturated carbocycles. The van der Waals surface area contributed by atoms with Gasteiger partial charge in [0.05, 0.1) is 7.11 Å². The van der Waals surface area contributed by atoms with Crippen LogP contribution in [0.4, 0.5) is 11.4 Å². The van der Waals surface area contributed by atoms with Crippen molar-refractivity contribution in [1.82, 2.24) is 5.32 Å². The van der Waals surface area contributed by atoms with Crippen molar-refractivity contribution < 1.29 is 4.74 Å². The van der Waals surface area contributed by atoms with E-state index in [4.69, 9.17) is 17.0 Å². The summed E-state index contributed by atoms with van der Waals surface area (Å²) in [4.78, 5) is 2.47. The van der Waals surface area contributed by atoms with Gasteiger partial charge in [-0.2, -0.15) is 0 Å². The molecule has 1 fully saturated rings. The van der Waals surface area contributed by atoms with Gasteiger partial charge in [-0.25, -0.2) is 0 Å². The monoisotopic (exact) mass is 355 g/mol. The van der Waals surface area contributed by atoms with Crippen molar-refractivity contribution in [2.24, 2.45) is 0 Å². The molecule has 1 aliphatic heterocycles. The summed E-state index contributed by atoms with van der Waals surface area (Å²) < 4.78 is 5.15. The summed E-state index contributed by atoms with van der Waals surface area (Å²) in [7, 11) is 1.66. The van der Waals surface area contributed by atoms with E-state index in [1.165, 1.54) is 43.6 Å². The van der Waals surface area contributed by atoms with Gasteiger partial charge in [0.15, 0.2) is 5.11 Å². The van der Waals surface area contributed by atoms with E-state index in [9.17, 15) is 0 Å². The Hall–Kier alpha value is -2.27. The van der Waals surface area contributed by atoms with Gasteiger partial charge in [-0.15, -0.1) is 0 Å². The third-order valence-electron chi connectivity index (χ3n) is 4.46. The number of benzene rings is 2. The number of ether oxygens (including phenoxy) is 1. The van der Waals surface area contributed by atoms with Gasteiger partial charge >= 0.3 is 0 Å². The molecular formula is C20H25N3OS. The van der Waals surface area contributed by atoms with Crippen LogP contribution in [-0.4, -0.2) is 25.3 Å². The lowest BCUT2D eigenvalue weighted by atomic mass is 10.1. The highest BCUT2D eigenvalue weighted by molar-refractivity contribution is 7.80. The topological polar surface area (TPSA) is 36.5 Å². The maximum absolute atomic E-state index is 5.36. The maximum atomic E-state index is 5.36. The largest absolute Gasteiger partial charge is 0.497 e. The number of methoxy groups -OCH3 is 1. The molecule has 2 N–H and O–H groups in total. The average Bonchev–Trinajstić information content (AvgIpc) is 2.68. The second-order valence-electron chi connectivity index (χ2n) is 6.25. The van der Waals surface area contributed by atoms with Crippen molar-refractivity contribution in [2.45, 2.75) is 25.8 Å². The molecule has 0 spiro atoms. The van der Waals surface area contributed by atoms with Crippen LogP contribution in [0.5, 0.6) is 5.75 Å². The van der Waals surface area contributed by atoms with Crippen molar-refractivity contribution >= 4 is 28.7 Å². The van der Waals surface area contributed by atoms with Crippen LogP contribution in [0.3, 0.4) is 0 Å². The highest BCUT2D eigenvalue weighted by atomic mass is 32.1. The van der Waals surface area contributed by atoms with Gasteiger partial charge in [0.1, 0.15) is 5.75 Å². The Kier molecular flexibility index (Phi) is 6.12. The lowest BCUT2D eigenvalue weighted by Gasteiger charge is -2.28. The standard InChI is InChI=1S/C20H25N3OS/c1-24-19-11-7-17(8-12-19)22-20(25)21-15-16-5-9-18(10-6-16)23-13-3-2-4-14-23/h5-12H,2-4,13-15H2,1H3,(H2,21,22,25). The first-order valence-electron chi connectivity index (χ1n) is 8.77. The highest BCUT2D eigenvalue weighted by Gasteiger charge is 2.10. The fraction of sp³-hybridized carbons (Fsp3) is 0.350. The van der Waals surface area contributed by atoms with Gasteiger partial charge in [-0.05, 0) is 73.4 Å². The molecule has 3 rings (SSSR count). The van der Waals surface area contributed by atoms with Crippen LogP contribution in [0.2, 0.25) is 0 Å². The van der Waals surface area contributed by atoms with E-state index in [2.05, 4.69) is 39.8 Å². The quantitative estimate of drug-likeness (QED) is 0.787. The Morgan fingerprint density at radius 1 is 1.00 bits per heavy atom. The predicted molar refractivity (Wildman–Crippen MR) is 109 cm³/mol. The first-order chi connectivity index (χ1) is 12.2. The molecule has 25 heavy (non-hydrogen) atoms. The summed E-state index contributed by atoms with van der Waals surface area (Å²) >= 11 is 5.36. The van der Waals surface area contributed by atoms with Crippen LogP contribution in [0.1, 0.15) is 24.8 Å². The summed E-state index contributed by atoms with van der Waals surface area (Å²) in [5.74, 6) is 0.832. The maximum Gasteiger partial charge on any atom is 0.171 e. The van der Waals surface area contributed by atoms with Crippen LogP contribution in [-0.2, 0) is 6.54 Å². The van der Waals surface area contributed by atoms with Crippen molar-refractivity contribution in [2.75, 3.05) is 30.4 Å². The van der Waals surface area contributed by atoms with E-state index in [1.54, 1.807) is 7.11 Å². The van der Waals surface area contributed by atoms with Crippen LogP contribution < -0.4 is 20.3 Å². The fourth-order valence-corrected chi connectivity index (χ4v) is 3.20. The zero-order valence-electron chi connectivity index (χ0n) is 14.6. The van der Waals surface area contributed by atoms with Crippen molar-refractivity contribution in [3.8, 4) is 5.75 Å². The molecule has 0 amide bonds. The summed E-state index contributed by atoms with van der Waals surface area (Å²) in [5.41, 5.74) is 3.49. The van der Waals surface area contributed by atoms with Gasteiger partial charge in [0.2, 0.25) is 0 Å². The number of anilines is 2. The van der Waals surface area contributed by atoms with E-state index < -0.39 is 0 Å². The predicted octanol–water partition coefficient (Wildman–Crippen LogP) is 4.17. The molecule has 1 saturated heterocycles. The average molecular weight is 356 g/mol. The summed E-state index contributed by atoms with van der Waals surface area (Å²) in [6, 6.07) is 16.5. The second-order valence-corrected chi connectivity index (χ2v) is 6.66. The van der Waals surface area contributed by atoms with Crippen molar-refractivity contribution in [3.05, 3.63) is 54.1 Å². The molecule has 132 valence electrons. The summed E-state index contributed by atoms with van der Waals surface area (Å²) in [6.07, 6.45) is 3.96. The third-order valence-corrected chi connectivity index (χ3v) is 4.70. The van der Waals surface area contributed by atoms with E-state index >= 15 is 0 Å². The summed E-state index contributed by atoms with van der Waals surface area (Å²) in [5, 5.41) is 7.05. The lowest BCUT2D eigenvalue weighted by molar-refractivity contribution is 0.415. The Balaban J connectivity index is 1.47. The molecule has 0 unspecified atom stereocenters. The van der Waals surface area contributed by atoms with Gasteiger partial charge in [-0.3, -0.25) is 0 Å². The first-order valence-corrected chi connectivity index (χ1v) is 9.18. The summed E-state index contributed by atoms with van der Waals surface area (Å²) in [6.45, 7) is 3.06. The molecular weight excluding hydrogens is 330 g/mol. The Morgan fingerprint density at radius 2 is 1.68 bits per heavy atom. The smallest absolute Gasteiger partial charge is 0.171 e. The molecule has 0 atom stereocenters. The molecule has 4 nitrogen and oxygen atoms in total. The minimum atomic E-state index is 0.616. The minimum Gasteiger partial charge on any atom is -0.497 e. The fourth-order valence-electron chi connectivity index (χ4n) is 3.01. The van der Waals surface area contributed by atoms with Gasteiger partial charge < -0.3 is 20.3 Å². The number of hydrogen-bond donors (Lipinski definition) is 2. The Labute approximate surface area is 155 Å². The normalized spacial score (nSPS) is 14.0. The number of piperidine rings is 1.